The molecule has 2 aliphatic heterocycles. The molecule has 0 aromatic heterocycles. The van der Waals surface area contributed by atoms with Gasteiger partial charge in [-0.15, -0.1) is 11.8 Å². The summed E-state index contributed by atoms with van der Waals surface area (Å²) < 4.78 is 11.2. The van der Waals surface area contributed by atoms with Crippen LogP contribution >= 0.6 is 11.8 Å². The van der Waals surface area contributed by atoms with E-state index in [0.717, 1.165) is 36.4 Å². The highest BCUT2D eigenvalue weighted by Gasteiger charge is 2.32. The van der Waals surface area contributed by atoms with E-state index in [4.69, 9.17) is 9.47 Å². The third-order valence-electron chi connectivity index (χ3n) is 4.34. The number of amides is 1. The van der Waals surface area contributed by atoms with E-state index < -0.39 is 0 Å². The number of thioether (sulfide) groups is 1. The fourth-order valence-electron chi connectivity index (χ4n) is 3.19. The molecule has 0 aliphatic carbocycles. The van der Waals surface area contributed by atoms with Crippen molar-refractivity contribution in [2.75, 3.05) is 26.3 Å². The van der Waals surface area contributed by atoms with Crippen LogP contribution in [0.2, 0.25) is 0 Å². The lowest BCUT2D eigenvalue weighted by molar-refractivity contribution is -0.0956. The van der Waals surface area contributed by atoms with E-state index in [2.05, 4.69) is 13.8 Å². The first-order chi connectivity index (χ1) is 11.1. The van der Waals surface area contributed by atoms with Crippen LogP contribution in [0.3, 0.4) is 0 Å². The number of carbonyl (C=O) groups is 1. The van der Waals surface area contributed by atoms with Crippen molar-refractivity contribution >= 4 is 17.7 Å². The van der Waals surface area contributed by atoms with Gasteiger partial charge in [0.15, 0.2) is 6.29 Å². The third kappa shape index (κ3) is 4.08. The molecule has 23 heavy (non-hydrogen) atoms. The molecule has 3 rings (SSSR count). The Morgan fingerprint density at radius 1 is 1.17 bits per heavy atom. The third-order valence-corrected chi connectivity index (χ3v) is 5.42. The van der Waals surface area contributed by atoms with E-state index in [0.29, 0.717) is 24.4 Å². The molecule has 0 saturated carbocycles. The van der Waals surface area contributed by atoms with Gasteiger partial charge < -0.3 is 14.4 Å². The average molecular weight is 335 g/mol. The fourth-order valence-corrected chi connectivity index (χ4v) is 4.14. The molecule has 0 spiro atoms. The van der Waals surface area contributed by atoms with Crippen LogP contribution in [0, 0.1) is 5.92 Å². The van der Waals surface area contributed by atoms with Crippen LogP contribution in [0.4, 0.5) is 0 Å². The van der Waals surface area contributed by atoms with Gasteiger partial charge in [0.25, 0.3) is 5.91 Å². The van der Waals surface area contributed by atoms with Gasteiger partial charge >= 0.3 is 0 Å². The maximum Gasteiger partial charge on any atom is 0.254 e. The van der Waals surface area contributed by atoms with Crippen molar-refractivity contribution in [3.05, 3.63) is 29.8 Å². The predicted octanol–water partition coefficient (Wildman–Crippen LogP) is 3.41. The summed E-state index contributed by atoms with van der Waals surface area (Å²) in [5, 5.41) is 0.464. The number of likely N-dealkylation sites (tertiary alicyclic amines) is 1. The summed E-state index contributed by atoms with van der Waals surface area (Å²) in [6, 6.07) is 7.94. The van der Waals surface area contributed by atoms with Crippen molar-refractivity contribution in [2.24, 2.45) is 5.92 Å². The number of carbonyl (C=O) groups excluding carboxylic acids is 1. The number of hydrogen-bond acceptors (Lipinski definition) is 4. The van der Waals surface area contributed by atoms with E-state index >= 15 is 0 Å². The smallest absolute Gasteiger partial charge is 0.254 e. The maximum absolute atomic E-state index is 12.9. The van der Waals surface area contributed by atoms with Gasteiger partial charge in [0.05, 0.1) is 18.8 Å². The molecule has 0 radical (unpaired) electrons. The second kappa shape index (κ2) is 7.69. The van der Waals surface area contributed by atoms with E-state index in [-0.39, 0.29) is 12.2 Å². The number of nitrogens with zero attached hydrogens (tertiary/aromatic N) is 1. The number of ether oxygens (including phenoxy) is 2. The lowest BCUT2D eigenvalue weighted by atomic mass is 9.95. The maximum atomic E-state index is 12.9. The van der Waals surface area contributed by atoms with E-state index in [9.17, 15) is 4.79 Å². The molecule has 0 atom stereocenters. The van der Waals surface area contributed by atoms with Crippen molar-refractivity contribution in [1.29, 1.82) is 0 Å². The molecule has 2 saturated heterocycles. The highest BCUT2D eigenvalue weighted by molar-refractivity contribution is 8.00. The molecule has 1 aromatic carbocycles. The quantitative estimate of drug-likeness (QED) is 0.791. The minimum atomic E-state index is -0.0592. The topological polar surface area (TPSA) is 38.8 Å². The Kier molecular flexibility index (Phi) is 5.62. The highest BCUT2D eigenvalue weighted by atomic mass is 32.2. The summed E-state index contributed by atoms with van der Waals surface area (Å²) in [6.07, 6.45) is 1.85. The summed E-state index contributed by atoms with van der Waals surface area (Å²) in [7, 11) is 0. The van der Waals surface area contributed by atoms with Gasteiger partial charge in [-0.05, 0) is 25.0 Å². The van der Waals surface area contributed by atoms with Crippen molar-refractivity contribution in [2.45, 2.75) is 43.1 Å². The van der Waals surface area contributed by atoms with Crippen LogP contribution in [0.5, 0.6) is 0 Å². The summed E-state index contributed by atoms with van der Waals surface area (Å²) >= 11 is 1.75. The normalized spacial score (nSPS) is 20.4. The van der Waals surface area contributed by atoms with Gasteiger partial charge in [0.2, 0.25) is 0 Å². The highest BCUT2D eigenvalue weighted by Crippen LogP contribution is 2.30. The van der Waals surface area contributed by atoms with Crippen molar-refractivity contribution in [1.82, 2.24) is 4.90 Å². The standard InChI is InChI=1S/C18H25NO3S/c1-13(2)23-16-6-4-3-5-15(16)17(20)19-9-7-14(8-10-19)18-21-11-12-22-18/h3-6,13-14,18H,7-12H2,1-2H3. The molecule has 0 unspecified atom stereocenters. The molecule has 126 valence electrons. The monoisotopic (exact) mass is 335 g/mol. The van der Waals surface area contributed by atoms with Gasteiger partial charge in [-0.25, -0.2) is 0 Å². The molecule has 2 fully saturated rings. The average Bonchev–Trinajstić information content (AvgIpc) is 3.09. The molecule has 0 N–H and O–H groups in total. The predicted molar refractivity (Wildman–Crippen MR) is 91.8 cm³/mol. The number of benzene rings is 1. The van der Waals surface area contributed by atoms with Gasteiger partial charge in [0.1, 0.15) is 0 Å². The fraction of sp³-hybridized carbons (Fsp3) is 0.611. The lowest BCUT2D eigenvalue weighted by Crippen LogP contribution is -2.41. The zero-order chi connectivity index (χ0) is 16.2. The Morgan fingerprint density at radius 2 is 1.83 bits per heavy atom. The molecule has 4 nitrogen and oxygen atoms in total. The second-order valence-electron chi connectivity index (χ2n) is 6.40. The van der Waals surface area contributed by atoms with Gasteiger partial charge in [-0.2, -0.15) is 0 Å². The Morgan fingerprint density at radius 3 is 2.48 bits per heavy atom. The van der Waals surface area contributed by atoms with Crippen molar-refractivity contribution in [3.63, 3.8) is 0 Å². The van der Waals surface area contributed by atoms with Crippen LogP contribution in [0.15, 0.2) is 29.2 Å². The van der Waals surface area contributed by atoms with E-state index in [1.54, 1.807) is 11.8 Å². The van der Waals surface area contributed by atoms with Crippen LogP contribution in [0.1, 0.15) is 37.0 Å². The van der Waals surface area contributed by atoms with E-state index in [1.807, 2.05) is 29.2 Å². The summed E-state index contributed by atoms with van der Waals surface area (Å²) in [5.74, 6) is 0.572. The van der Waals surface area contributed by atoms with Gasteiger partial charge in [-0.3, -0.25) is 4.79 Å². The molecular formula is C18H25NO3S. The first-order valence-corrected chi connectivity index (χ1v) is 9.31. The zero-order valence-corrected chi connectivity index (χ0v) is 14.7. The van der Waals surface area contributed by atoms with Gasteiger partial charge in [-0.1, -0.05) is 26.0 Å². The Hall–Kier alpha value is -1.04. The molecule has 2 heterocycles. The summed E-state index contributed by atoms with van der Waals surface area (Å²) in [5.41, 5.74) is 0.831. The van der Waals surface area contributed by atoms with Crippen LogP contribution in [-0.2, 0) is 9.47 Å². The van der Waals surface area contributed by atoms with Crippen LogP contribution < -0.4 is 0 Å². The largest absolute Gasteiger partial charge is 0.350 e. The number of rotatable bonds is 4. The van der Waals surface area contributed by atoms with Crippen molar-refractivity contribution < 1.29 is 14.3 Å². The molecule has 1 amide bonds. The molecule has 0 bridgehead atoms. The Bertz CT molecular complexity index is 535. The first-order valence-electron chi connectivity index (χ1n) is 8.43. The van der Waals surface area contributed by atoms with Crippen molar-refractivity contribution in [3.8, 4) is 0 Å². The van der Waals surface area contributed by atoms with E-state index in [1.165, 1.54) is 0 Å². The Balaban J connectivity index is 1.63. The second-order valence-corrected chi connectivity index (χ2v) is 8.02. The summed E-state index contributed by atoms with van der Waals surface area (Å²) in [6.45, 7) is 7.27. The Labute approximate surface area is 142 Å². The lowest BCUT2D eigenvalue weighted by Gasteiger charge is -2.34. The minimum absolute atomic E-state index is 0.0592. The number of piperidine rings is 1. The van der Waals surface area contributed by atoms with Gasteiger partial charge in [0, 0.05) is 29.2 Å². The zero-order valence-electron chi connectivity index (χ0n) is 13.9. The SMILES string of the molecule is CC(C)Sc1ccccc1C(=O)N1CCC(C2OCCO2)CC1. The summed E-state index contributed by atoms with van der Waals surface area (Å²) in [4.78, 5) is 15.9. The minimum Gasteiger partial charge on any atom is -0.350 e. The van der Waals surface area contributed by atoms with Crippen LogP contribution in [-0.4, -0.2) is 48.7 Å². The molecule has 2 aliphatic rings. The number of hydrogen-bond donors (Lipinski definition) is 0. The first kappa shape index (κ1) is 16.8. The molecular weight excluding hydrogens is 310 g/mol. The van der Waals surface area contributed by atoms with Crippen LogP contribution in [0.25, 0.3) is 0 Å². The molecule has 1 aromatic rings. The molecule has 5 heteroatoms.